The van der Waals surface area contributed by atoms with Gasteiger partial charge in [0.25, 0.3) is 0 Å². The van der Waals surface area contributed by atoms with Crippen molar-refractivity contribution >= 4 is 59.9 Å². The molecule has 4 aromatic carbocycles. The van der Waals surface area contributed by atoms with Gasteiger partial charge >= 0.3 is 0 Å². The molecule has 0 bridgehead atoms. The molecule has 1 radical (unpaired) electrons. The van der Waals surface area contributed by atoms with E-state index in [9.17, 15) is 9.90 Å². The minimum Gasteiger partial charge on any atom is -0.512 e. The number of rotatable bonds is 10. The van der Waals surface area contributed by atoms with Crippen LogP contribution in [0.25, 0.3) is 64.5 Å². The van der Waals surface area contributed by atoms with Crippen molar-refractivity contribution in [2.45, 2.75) is 87.5 Å². The second-order valence-corrected chi connectivity index (χ2v) is 16.4. The topological polar surface area (TPSA) is 63.3 Å². The van der Waals surface area contributed by atoms with Crippen LogP contribution in [-0.2, 0) is 31.3 Å². The van der Waals surface area contributed by atoms with Crippen molar-refractivity contribution in [3.05, 3.63) is 114 Å². The van der Waals surface area contributed by atoms with E-state index in [4.69, 9.17) is 9.40 Å². The van der Waals surface area contributed by atoms with Crippen LogP contribution in [0.5, 0.6) is 0 Å². The van der Waals surface area contributed by atoms with Crippen molar-refractivity contribution in [1.29, 1.82) is 0 Å². The summed E-state index contributed by atoms with van der Waals surface area (Å²) in [7, 11) is 0. The van der Waals surface area contributed by atoms with Gasteiger partial charge in [0.05, 0.1) is 11.3 Å². The third-order valence-corrected chi connectivity index (χ3v) is 11.8. The molecule has 0 amide bonds. The van der Waals surface area contributed by atoms with Gasteiger partial charge in [-0.2, -0.15) is 0 Å². The molecule has 0 atom stereocenters. The number of aromatic nitrogens is 1. The number of benzene rings is 4. The van der Waals surface area contributed by atoms with E-state index < -0.39 is 0 Å². The van der Waals surface area contributed by atoms with E-state index in [1.54, 1.807) is 0 Å². The second-order valence-electron chi connectivity index (χ2n) is 15.4. The Labute approximate surface area is 338 Å². The third kappa shape index (κ3) is 8.73. The monoisotopic (exact) mass is 915 g/mol. The van der Waals surface area contributed by atoms with E-state index in [0.29, 0.717) is 0 Å². The van der Waals surface area contributed by atoms with E-state index in [2.05, 4.69) is 107 Å². The van der Waals surface area contributed by atoms with Gasteiger partial charge in [0, 0.05) is 64.9 Å². The quantitative estimate of drug-likeness (QED) is 0.0843. The number of carbonyl (C=O) groups excluding carboxylic acids is 1. The molecular weight excluding hydrogens is 863 g/mol. The van der Waals surface area contributed by atoms with Gasteiger partial charge in [-0.1, -0.05) is 108 Å². The van der Waals surface area contributed by atoms with Crippen molar-refractivity contribution < 1.29 is 34.4 Å². The average Bonchev–Trinajstić information content (AvgIpc) is 3.68. The standard InChI is InChI=1S/C35H28NOS.C13H24O2.Ir/c1-21-26-16-17-36-31(34(26)38-33(21)23-14-12-22(13-15-23)20-35(2,3)4)28-11-7-10-27-29-18-24-8-5-6-9-25(24)19-30(29)37-32(27)28;1-5-10(6-2)12(14)9-13(15)11(7-3)8-4;/h5-10,12-19H,20H2,1-4H3;9-11,14H,5-8H2,1-4H3;/q-1;;/b;12-9-;. The van der Waals surface area contributed by atoms with Crippen LogP contribution in [-0.4, -0.2) is 15.9 Å². The molecule has 0 aliphatic heterocycles. The number of furan rings is 1. The SMILES string of the molecule is CCC(CC)C(=O)/C=C(\O)C(CC)CC.Cc1c(-c2ccc(CC(C)(C)C)cc2)sc2c(-c3[c-]ccc4c3oc3cc5ccccc5cc34)nccc12.[Ir]. The normalized spacial score (nSPS) is 12.1. The zero-order valence-electron chi connectivity index (χ0n) is 32.8. The molecular formula is C48H52IrNO3S-. The van der Waals surface area contributed by atoms with Crippen molar-refractivity contribution in [3.8, 4) is 21.7 Å². The molecule has 283 valence electrons. The predicted molar refractivity (Wildman–Crippen MR) is 226 cm³/mol. The summed E-state index contributed by atoms with van der Waals surface area (Å²) in [5.41, 5.74) is 7.78. The summed E-state index contributed by atoms with van der Waals surface area (Å²) in [5.74, 6) is 0.547. The minimum atomic E-state index is 0. The number of fused-ring (bicyclic) bond motifs is 5. The Morgan fingerprint density at radius 1 is 0.870 bits per heavy atom. The first-order chi connectivity index (χ1) is 25.5. The molecule has 3 aromatic heterocycles. The first-order valence-electron chi connectivity index (χ1n) is 19.1. The largest absolute Gasteiger partial charge is 0.512 e. The minimum absolute atomic E-state index is 0. The fourth-order valence-corrected chi connectivity index (χ4v) is 8.67. The van der Waals surface area contributed by atoms with E-state index in [1.807, 2.05) is 51.3 Å². The van der Waals surface area contributed by atoms with Gasteiger partial charge in [-0.3, -0.25) is 4.79 Å². The van der Waals surface area contributed by atoms with Gasteiger partial charge in [-0.25, -0.2) is 0 Å². The van der Waals surface area contributed by atoms with Crippen LogP contribution in [0.3, 0.4) is 0 Å². The molecule has 0 saturated heterocycles. The van der Waals surface area contributed by atoms with Gasteiger partial charge in [0.2, 0.25) is 0 Å². The number of aliphatic hydroxyl groups excluding tert-OH is 1. The Kier molecular flexibility index (Phi) is 13.4. The van der Waals surface area contributed by atoms with E-state index in [-0.39, 0.29) is 48.9 Å². The van der Waals surface area contributed by atoms with Crippen LogP contribution < -0.4 is 0 Å². The number of nitrogens with zero attached hydrogens (tertiary/aromatic N) is 1. The molecule has 1 N–H and O–H groups in total. The number of ketones is 1. The average molecular weight is 915 g/mol. The second kappa shape index (κ2) is 17.6. The molecule has 0 aliphatic rings. The Balaban J connectivity index is 0.000000301. The number of thiophene rings is 1. The number of hydrogen-bond donors (Lipinski definition) is 1. The first kappa shape index (κ1) is 41.1. The summed E-state index contributed by atoms with van der Waals surface area (Å²) in [6.07, 6.45) is 7.89. The van der Waals surface area contributed by atoms with Crippen LogP contribution >= 0.6 is 11.3 Å². The number of aliphatic hydroxyl groups is 1. The number of pyridine rings is 1. The summed E-state index contributed by atoms with van der Waals surface area (Å²) < 4.78 is 7.68. The van der Waals surface area contributed by atoms with Crippen molar-refractivity contribution in [2.75, 3.05) is 0 Å². The van der Waals surface area contributed by atoms with E-state index in [0.717, 1.165) is 65.3 Å². The molecule has 0 saturated carbocycles. The van der Waals surface area contributed by atoms with E-state index in [1.165, 1.54) is 48.5 Å². The fourth-order valence-electron chi connectivity index (χ4n) is 7.37. The van der Waals surface area contributed by atoms with Crippen molar-refractivity contribution in [3.63, 3.8) is 0 Å². The van der Waals surface area contributed by atoms with Crippen LogP contribution in [0.1, 0.15) is 85.3 Å². The predicted octanol–water partition coefficient (Wildman–Crippen LogP) is 14.2. The molecule has 0 unspecified atom stereocenters. The molecule has 4 nitrogen and oxygen atoms in total. The summed E-state index contributed by atoms with van der Waals surface area (Å²) in [4.78, 5) is 17.9. The Hall–Kier alpha value is -4.09. The number of aryl methyl sites for hydroxylation is 1. The smallest absolute Gasteiger partial charge is 0.162 e. The molecule has 0 fully saturated rings. The summed E-state index contributed by atoms with van der Waals surface area (Å²) in [5, 5.41) is 15.6. The molecule has 7 rings (SSSR count). The zero-order valence-corrected chi connectivity index (χ0v) is 36.0. The number of carbonyl (C=O) groups is 1. The zero-order chi connectivity index (χ0) is 37.9. The van der Waals surface area contributed by atoms with Crippen LogP contribution in [0.4, 0.5) is 0 Å². The van der Waals surface area contributed by atoms with Gasteiger partial charge in [-0.05, 0) is 95.5 Å². The van der Waals surface area contributed by atoms with E-state index >= 15 is 0 Å². The molecule has 7 aromatic rings. The maximum atomic E-state index is 11.7. The van der Waals surface area contributed by atoms with Crippen molar-refractivity contribution in [1.82, 2.24) is 4.98 Å². The first-order valence-corrected chi connectivity index (χ1v) is 20.0. The van der Waals surface area contributed by atoms with Crippen LogP contribution in [0, 0.1) is 30.2 Å². The molecule has 54 heavy (non-hydrogen) atoms. The molecule has 3 heterocycles. The number of allylic oxidation sites excluding steroid dienone is 2. The maximum absolute atomic E-state index is 11.7. The Morgan fingerprint density at radius 2 is 1.52 bits per heavy atom. The summed E-state index contributed by atoms with van der Waals surface area (Å²) >= 11 is 1.81. The molecule has 6 heteroatoms. The number of hydrogen-bond acceptors (Lipinski definition) is 5. The Morgan fingerprint density at radius 3 is 2.15 bits per heavy atom. The Bertz CT molecular complexity index is 2400. The van der Waals surface area contributed by atoms with Gasteiger partial charge in [-0.15, -0.1) is 29.5 Å². The summed E-state index contributed by atoms with van der Waals surface area (Å²) in [6.45, 7) is 17.1. The molecule has 0 aliphatic carbocycles. The van der Waals surface area contributed by atoms with Crippen LogP contribution in [0.2, 0.25) is 0 Å². The maximum Gasteiger partial charge on any atom is 0.162 e. The van der Waals surface area contributed by atoms with Gasteiger partial charge in [0.15, 0.2) is 5.78 Å². The fraction of sp³-hybridized carbons (Fsp3) is 0.333. The summed E-state index contributed by atoms with van der Waals surface area (Å²) in [6, 6.07) is 31.6. The van der Waals surface area contributed by atoms with Gasteiger partial charge in [0.1, 0.15) is 5.58 Å². The molecule has 0 spiro atoms. The van der Waals surface area contributed by atoms with Gasteiger partial charge < -0.3 is 14.5 Å². The van der Waals surface area contributed by atoms with Crippen LogP contribution in [0.15, 0.2) is 101 Å². The van der Waals surface area contributed by atoms with Crippen molar-refractivity contribution in [2.24, 2.45) is 17.3 Å². The third-order valence-electron chi connectivity index (χ3n) is 10.4.